The Balaban J connectivity index is 2.43. The van der Waals surface area contributed by atoms with Crippen LogP contribution in [0.25, 0.3) is 11.3 Å². The van der Waals surface area contributed by atoms with Gasteiger partial charge in [0, 0.05) is 17.7 Å². The van der Waals surface area contributed by atoms with E-state index in [0.29, 0.717) is 12.1 Å². The van der Waals surface area contributed by atoms with Crippen molar-refractivity contribution in [3.05, 3.63) is 46.2 Å². The molecule has 94 valence electrons. The van der Waals surface area contributed by atoms with Gasteiger partial charge >= 0.3 is 0 Å². The van der Waals surface area contributed by atoms with E-state index in [1.54, 1.807) is 20.2 Å². The van der Waals surface area contributed by atoms with Crippen LogP contribution in [-0.2, 0) is 6.54 Å². The monoisotopic (exact) mass is 245 g/mol. The summed E-state index contributed by atoms with van der Waals surface area (Å²) in [5.74, 6) is 0.760. The van der Waals surface area contributed by atoms with Gasteiger partial charge in [-0.05, 0) is 25.2 Å². The van der Waals surface area contributed by atoms with Gasteiger partial charge in [-0.3, -0.25) is 4.79 Å². The van der Waals surface area contributed by atoms with Crippen LogP contribution < -0.4 is 15.6 Å². The number of ether oxygens (including phenoxy) is 1. The molecule has 0 aliphatic carbocycles. The Morgan fingerprint density at radius 2 is 2.22 bits per heavy atom. The highest BCUT2D eigenvalue weighted by Crippen LogP contribution is 2.21. The first-order valence-corrected chi connectivity index (χ1v) is 5.62. The highest BCUT2D eigenvalue weighted by atomic mass is 16.5. The van der Waals surface area contributed by atoms with Gasteiger partial charge in [0.1, 0.15) is 5.75 Å². The predicted molar refractivity (Wildman–Crippen MR) is 69.6 cm³/mol. The molecule has 0 aliphatic heterocycles. The lowest BCUT2D eigenvalue weighted by Gasteiger charge is -2.05. The van der Waals surface area contributed by atoms with Crippen LogP contribution >= 0.6 is 0 Å². The standard InChI is InChI=1S/C13H15N3O2/c1-14-8-10-7-12(15-16-13(10)17)9-4-3-5-11(6-9)18-2/h3-7,14H,8H2,1-2H3,(H,16,17). The minimum Gasteiger partial charge on any atom is -0.497 e. The fourth-order valence-corrected chi connectivity index (χ4v) is 1.70. The highest BCUT2D eigenvalue weighted by molar-refractivity contribution is 5.61. The maximum atomic E-state index is 11.5. The smallest absolute Gasteiger partial charge is 0.268 e. The minimum atomic E-state index is -0.170. The Morgan fingerprint density at radius 1 is 1.39 bits per heavy atom. The van der Waals surface area contributed by atoms with E-state index < -0.39 is 0 Å². The van der Waals surface area contributed by atoms with Crippen LogP contribution in [0.15, 0.2) is 35.1 Å². The van der Waals surface area contributed by atoms with E-state index in [1.807, 2.05) is 24.3 Å². The number of rotatable bonds is 4. The maximum Gasteiger partial charge on any atom is 0.268 e. The Bertz CT molecular complexity index is 593. The van der Waals surface area contributed by atoms with Crippen molar-refractivity contribution >= 4 is 0 Å². The first kappa shape index (κ1) is 12.3. The average molecular weight is 245 g/mol. The van der Waals surface area contributed by atoms with E-state index in [2.05, 4.69) is 15.5 Å². The molecule has 0 unspecified atom stereocenters. The molecule has 2 rings (SSSR count). The van der Waals surface area contributed by atoms with E-state index in [4.69, 9.17) is 4.74 Å². The van der Waals surface area contributed by atoms with Crippen LogP contribution in [0.3, 0.4) is 0 Å². The second-order valence-corrected chi connectivity index (χ2v) is 3.87. The first-order valence-electron chi connectivity index (χ1n) is 5.62. The molecule has 5 nitrogen and oxygen atoms in total. The summed E-state index contributed by atoms with van der Waals surface area (Å²) < 4.78 is 5.17. The summed E-state index contributed by atoms with van der Waals surface area (Å²) in [6.45, 7) is 0.509. The largest absolute Gasteiger partial charge is 0.497 e. The number of methoxy groups -OCH3 is 1. The molecule has 0 saturated heterocycles. The normalized spacial score (nSPS) is 10.3. The molecule has 18 heavy (non-hydrogen) atoms. The zero-order valence-electron chi connectivity index (χ0n) is 10.4. The van der Waals surface area contributed by atoms with E-state index >= 15 is 0 Å². The van der Waals surface area contributed by atoms with Crippen molar-refractivity contribution in [1.29, 1.82) is 0 Å². The lowest BCUT2D eigenvalue weighted by molar-refractivity contribution is 0.415. The molecule has 1 aromatic carbocycles. The zero-order chi connectivity index (χ0) is 13.0. The Hall–Kier alpha value is -2.14. The van der Waals surface area contributed by atoms with E-state index in [9.17, 15) is 4.79 Å². The van der Waals surface area contributed by atoms with Crippen LogP contribution in [0.5, 0.6) is 5.75 Å². The van der Waals surface area contributed by atoms with Gasteiger partial charge in [0.15, 0.2) is 0 Å². The highest BCUT2D eigenvalue weighted by Gasteiger charge is 2.05. The molecule has 1 heterocycles. The second-order valence-electron chi connectivity index (χ2n) is 3.87. The minimum absolute atomic E-state index is 0.170. The number of aromatic nitrogens is 2. The average Bonchev–Trinajstić information content (AvgIpc) is 2.41. The quantitative estimate of drug-likeness (QED) is 0.848. The zero-order valence-corrected chi connectivity index (χ0v) is 10.4. The van der Waals surface area contributed by atoms with Gasteiger partial charge in [0.05, 0.1) is 12.8 Å². The number of nitrogens with zero attached hydrogens (tertiary/aromatic N) is 1. The summed E-state index contributed by atoms with van der Waals surface area (Å²) >= 11 is 0. The van der Waals surface area contributed by atoms with E-state index in [0.717, 1.165) is 17.0 Å². The molecule has 0 aliphatic rings. The van der Waals surface area contributed by atoms with Gasteiger partial charge in [-0.2, -0.15) is 5.10 Å². The lowest BCUT2D eigenvalue weighted by atomic mass is 10.1. The number of benzene rings is 1. The fourth-order valence-electron chi connectivity index (χ4n) is 1.70. The molecule has 2 aromatic rings. The molecule has 0 bridgehead atoms. The molecule has 0 radical (unpaired) electrons. The number of nitrogens with one attached hydrogen (secondary N) is 2. The first-order chi connectivity index (χ1) is 8.74. The van der Waals surface area contributed by atoms with Crippen molar-refractivity contribution < 1.29 is 4.74 Å². The molecule has 0 fully saturated rings. The van der Waals surface area contributed by atoms with Crippen LogP contribution in [0.1, 0.15) is 5.56 Å². The molecule has 0 saturated carbocycles. The number of aromatic amines is 1. The Morgan fingerprint density at radius 3 is 2.94 bits per heavy atom. The SMILES string of the molecule is CNCc1cc(-c2cccc(OC)c2)n[nH]c1=O. The third kappa shape index (κ3) is 2.57. The summed E-state index contributed by atoms with van der Waals surface area (Å²) in [5.41, 5.74) is 2.11. The lowest BCUT2D eigenvalue weighted by Crippen LogP contribution is -2.19. The summed E-state index contributed by atoms with van der Waals surface area (Å²) in [5, 5.41) is 9.50. The summed E-state index contributed by atoms with van der Waals surface area (Å²) in [7, 11) is 3.41. The van der Waals surface area contributed by atoms with Gasteiger partial charge in [-0.25, -0.2) is 5.10 Å². The Labute approximate surface area is 105 Å². The van der Waals surface area contributed by atoms with E-state index in [1.165, 1.54) is 0 Å². The number of hydrogen-bond acceptors (Lipinski definition) is 4. The summed E-state index contributed by atoms with van der Waals surface area (Å²) in [6, 6.07) is 9.34. The van der Waals surface area contributed by atoms with Crippen molar-refractivity contribution in [2.75, 3.05) is 14.2 Å². The number of H-pyrrole nitrogens is 1. The maximum absolute atomic E-state index is 11.5. The van der Waals surface area contributed by atoms with E-state index in [-0.39, 0.29) is 5.56 Å². The van der Waals surface area contributed by atoms with Crippen molar-refractivity contribution in [3.8, 4) is 17.0 Å². The van der Waals surface area contributed by atoms with Crippen molar-refractivity contribution in [2.24, 2.45) is 0 Å². The second kappa shape index (κ2) is 5.46. The third-order valence-electron chi connectivity index (χ3n) is 2.61. The number of hydrogen-bond donors (Lipinski definition) is 2. The summed E-state index contributed by atoms with van der Waals surface area (Å²) in [4.78, 5) is 11.5. The van der Waals surface area contributed by atoms with Crippen LogP contribution in [0.2, 0.25) is 0 Å². The molecule has 5 heteroatoms. The van der Waals surface area contributed by atoms with Crippen molar-refractivity contribution in [1.82, 2.24) is 15.5 Å². The molecule has 2 N–H and O–H groups in total. The molecule has 0 atom stereocenters. The fraction of sp³-hybridized carbons (Fsp3) is 0.231. The van der Waals surface area contributed by atoms with Gasteiger partial charge < -0.3 is 10.1 Å². The van der Waals surface area contributed by atoms with Crippen LogP contribution in [-0.4, -0.2) is 24.4 Å². The van der Waals surface area contributed by atoms with Crippen LogP contribution in [0.4, 0.5) is 0 Å². The third-order valence-corrected chi connectivity index (χ3v) is 2.61. The van der Waals surface area contributed by atoms with Gasteiger partial charge in [0.2, 0.25) is 0 Å². The predicted octanol–water partition coefficient (Wildman–Crippen LogP) is 1.16. The molecular formula is C13H15N3O2. The van der Waals surface area contributed by atoms with Gasteiger partial charge in [0.25, 0.3) is 5.56 Å². The van der Waals surface area contributed by atoms with Crippen molar-refractivity contribution in [3.63, 3.8) is 0 Å². The summed E-state index contributed by atoms with van der Waals surface area (Å²) in [6.07, 6.45) is 0. The Kier molecular flexibility index (Phi) is 3.74. The topological polar surface area (TPSA) is 67.0 Å². The van der Waals surface area contributed by atoms with Gasteiger partial charge in [-0.1, -0.05) is 12.1 Å². The molecule has 0 spiro atoms. The van der Waals surface area contributed by atoms with Crippen LogP contribution in [0, 0.1) is 0 Å². The van der Waals surface area contributed by atoms with Gasteiger partial charge in [-0.15, -0.1) is 0 Å². The van der Waals surface area contributed by atoms with Crippen molar-refractivity contribution in [2.45, 2.75) is 6.54 Å². The molecule has 0 amide bonds. The molecular weight excluding hydrogens is 230 g/mol. The molecule has 1 aromatic heterocycles.